The van der Waals surface area contributed by atoms with Gasteiger partial charge in [0.05, 0.1) is 13.2 Å². The molecular weight excluding hydrogens is 370 g/mol. The predicted octanol–water partition coefficient (Wildman–Crippen LogP) is 4.05. The Labute approximate surface area is 172 Å². The Morgan fingerprint density at radius 1 is 1.11 bits per heavy atom. The van der Waals surface area contributed by atoms with E-state index >= 15 is 0 Å². The Kier molecular flexibility index (Phi) is 8.55. The first-order valence-electron chi connectivity index (χ1n) is 9.62. The molecule has 0 fully saturated rings. The van der Waals surface area contributed by atoms with Crippen LogP contribution in [0.15, 0.2) is 52.5 Å². The van der Waals surface area contributed by atoms with Gasteiger partial charge < -0.3 is 15.1 Å². The second-order valence-electron chi connectivity index (χ2n) is 7.84. The number of anilines is 1. The van der Waals surface area contributed by atoms with Crippen molar-refractivity contribution in [3.05, 3.63) is 58.0 Å². The molecule has 5 heteroatoms. The summed E-state index contributed by atoms with van der Waals surface area (Å²) in [7, 11) is 1.96. The van der Waals surface area contributed by atoms with Crippen LogP contribution in [0, 0.1) is 5.41 Å². The van der Waals surface area contributed by atoms with Gasteiger partial charge in [0.2, 0.25) is 0 Å². The van der Waals surface area contributed by atoms with Crippen molar-refractivity contribution in [1.29, 1.82) is 0 Å². The first-order chi connectivity index (χ1) is 13.4. The summed E-state index contributed by atoms with van der Waals surface area (Å²) < 4.78 is 0. The molecule has 4 nitrogen and oxygen atoms in total. The van der Waals surface area contributed by atoms with E-state index < -0.39 is 0 Å². The number of carbonyl (C=O) groups excluding carboxylic acids is 1. The molecule has 0 saturated heterocycles. The van der Waals surface area contributed by atoms with E-state index in [2.05, 4.69) is 38.1 Å². The van der Waals surface area contributed by atoms with Crippen LogP contribution < -0.4 is 4.90 Å². The van der Waals surface area contributed by atoms with Crippen LogP contribution in [-0.4, -0.2) is 49.1 Å². The van der Waals surface area contributed by atoms with Gasteiger partial charge in [-0.1, -0.05) is 38.1 Å². The molecule has 1 aliphatic rings. The molecule has 0 amide bonds. The first kappa shape index (κ1) is 22.5. The summed E-state index contributed by atoms with van der Waals surface area (Å²) in [4.78, 5) is 14.3. The van der Waals surface area contributed by atoms with Crippen LogP contribution in [0.3, 0.4) is 0 Å². The highest BCUT2D eigenvalue weighted by atomic mass is 32.2. The number of likely N-dealkylation sites (N-methyl/N-ethyl adjacent to an activating group) is 1. The van der Waals surface area contributed by atoms with Crippen molar-refractivity contribution in [2.45, 2.75) is 26.7 Å². The molecule has 1 aromatic rings. The number of thioether (sulfide) groups is 1. The molecule has 0 aliphatic heterocycles. The van der Waals surface area contributed by atoms with Crippen molar-refractivity contribution in [3.8, 4) is 0 Å². The second-order valence-corrected chi connectivity index (χ2v) is 8.95. The Balaban J connectivity index is 2.30. The third kappa shape index (κ3) is 6.36. The monoisotopic (exact) mass is 401 g/mol. The average molecular weight is 402 g/mol. The molecule has 0 heterocycles. The third-order valence-electron chi connectivity index (χ3n) is 4.77. The van der Waals surface area contributed by atoms with Gasteiger partial charge in [-0.2, -0.15) is 0 Å². The van der Waals surface area contributed by atoms with Crippen LogP contribution in [0.25, 0.3) is 6.08 Å². The molecule has 2 rings (SSSR count). The van der Waals surface area contributed by atoms with Gasteiger partial charge in [0.15, 0.2) is 0 Å². The van der Waals surface area contributed by atoms with Gasteiger partial charge in [-0.25, -0.2) is 0 Å². The summed E-state index contributed by atoms with van der Waals surface area (Å²) in [6.07, 6.45) is 8.57. The Bertz CT molecular complexity index is 748. The molecule has 1 aliphatic carbocycles. The molecule has 152 valence electrons. The van der Waals surface area contributed by atoms with Crippen molar-refractivity contribution in [2.24, 2.45) is 5.41 Å². The zero-order valence-electron chi connectivity index (χ0n) is 17.0. The quantitative estimate of drug-likeness (QED) is 0.483. The van der Waals surface area contributed by atoms with Gasteiger partial charge in [-0.05, 0) is 53.2 Å². The Morgan fingerprint density at radius 3 is 2.43 bits per heavy atom. The summed E-state index contributed by atoms with van der Waals surface area (Å²) in [5, 5.41) is 18.3. The Hall–Kier alpha value is -1.82. The van der Waals surface area contributed by atoms with E-state index in [9.17, 15) is 9.90 Å². The largest absolute Gasteiger partial charge is 0.396 e. The van der Waals surface area contributed by atoms with Crippen LogP contribution in [0.4, 0.5) is 5.69 Å². The minimum absolute atomic E-state index is 0.0919. The molecule has 0 atom stereocenters. The number of benzene rings is 1. The van der Waals surface area contributed by atoms with E-state index in [4.69, 9.17) is 5.11 Å². The number of hydrogen-bond donors (Lipinski definition) is 2. The molecule has 0 saturated carbocycles. The lowest BCUT2D eigenvalue weighted by atomic mass is 9.75. The topological polar surface area (TPSA) is 60.8 Å². The number of aldehydes is 1. The highest BCUT2D eigenvalue weighted by molar-refractivity contribution is 8.03. The van der Waals surface area contributed by atoms with Crippen molar-refractivity contribution in [2.75, 3.05) is 37.5 Å². The number of hydrogen-bond acceptors (Lipinski definition) is 5. The van der Waals surface area contributed by atoms with E-state index in [1.165, 1.54) is 5.57 Å². The summed E-state index contributed by atoms with van der Waals surface area (Å²) in [6, 6.07) is 8.23. The van der Waals surface area contributed by atoms with Crippen LogP contribution >= 0.6 is 11.8 Å². The number of carbonyl (C=O) groups is 1. The van der Waals surface area contributed by atoms with E-state index in [-0.39, 0.29) is 18.6 Å². The van der Waals surface area contributed by atoms with Gasteiger partial charge in [0.25, 0.3) is 0 Å². The summed E-state index contributed by atoms with van der Waals surface area (Å²) in [5.74, 6) is 0.620. The number of nitrogens with zero attached hydrogens (tertiary/aromatic N) is 1. The molecule has 0 radical (unpaired) electrons. The molecule has 1 aromatic carbocycles. The maximum absolute atomic E-state index is 11.1. The molecule has 28 heavy (non-hydrogen) atoms. The van der Waals surface area contributed by atoms with Crippen molar-refractivity contribution < 1.29 is 15.0 Å². The second kappa shape index (κ2) is 10.6. The molecule has 0 bridgehead atoms. The fraction of sp³-hybridized carbons (Fsp3) is 0.435. The molecule has 2 N–H and O–H groups in total. The summed E-state index contributed by atoms with van der Waals surface area (Å²) in [6.45, 7) is 5.30. The normalized spacial score (nSPS) is 18.1. The van der Waals surface area contributed by atoms with Gasteiger partial charge in [0.1, 0.15) is 6.29 Å². The zero-order valence-corrected chi connectivity index (χ0v) is 17.8. The highest BCUT2D eigenvalue weighted by Crippen LogP contribution is 2.46. The van der Waals surface area contributed by atoms with Crippen molar-refractivity contribution in [1.82, 2.24) is 0 Å². The lowest BCUT2D eigenvalue weighted by Gasteiger charge is -2.34. The zero-order chi connectivity index (χ0) is 20.6. The smallest absolute Gasteiger partial charge is 0.143 e. The van der Waals surface area contributed by atoms with Crippen LogP contribution in [0.5, 0.6) is 0 Å². The maximum Gasteiger partial charge on any atom is 0.143 e. The van der Waals surface area contributed by atoms with Gasteiger partial charge in [-0.15, -0.1) is 11.8 Å². The number of aliphatic hydroxyl groups is 2. The van der Waals surface area contributed by atoms with Crippen LogP contribution in [0.1, 0.15) is 32.3 Å². The molecule has 0 spiro atoms. The first-order valence-corrected chi connectivity index (χ1v) is 10.6. The summed E-state index contributed by atoms with van der Waals surface area (Å²) in [5.41, 5.74) is 4.54. The minimum Gasteiger partial charge on any atom is -0.396 e. The molecular formula is C23H31NO3S. The van der Waals surface area contributed by atoms with Crippen molar-refractivity contribution >= 4 is 29.8 Å². The van der Waals surface area contributed by atoms with Gasteiger partial charge >= 0.3 is 0 Å². The van der Waals surface area contributed by atoms with E-state index in [1.54, 1.807) is 17.8 Å². The van der Waals surface area contributed by atoms with E-state index in [0.717, 1.165) is 40.9 Å². The third-order valence-corrected chi connectivity index (χ3v) is 5.97. The molecule has 0 aromatic heterocycles. The maximum atomic E-state index is 11.1. The predicted molar refractivity (Wildman–Crippen MR) is 120 cm³/mol. The summed E-state index contributed by atoms with van der Waals surface area (Å²) >= 11 is 1.62. The van der Waals surface area contributed by atoms with Crippen LogP contribution in [0.2, 0.25) is 0 Å². The average Bonchev–Trinajstić information content (AvgIpc) is 2.66. The minimum atomic E-state index is 0.0919. The van der Waals surface area contributed by atoms with E-state index in [0.29, 0.717) is 12.3 Å². The molecule has 0 unspecified atom stereocenters. The van der Waals surface area contributed by atoms with Gasteiger partial charge in [0, 0.05) is 29.9 Å². The van der Waals surface area contributed by atoms with Crippen molar-refractivity contribution in [3.63, 3.8) is 0 Å². The standard InChI is InChI=1S/C23H31NO3S/c1-23(2)16-19(22(28-15-14-27)20(17-23)10-12-25)7-4-18-5-8-21(9-6-18)24(3)11-13-26/h4-10,12,26-27H,11,13-17H2,1-3H3/b7-4+,20-10+. The highest BCUT2D eigenvalue weighted by Gasteiger charge is 2.29. The fourth-order valence-corrected chi connectivity index (χ4v) is 4.41. The lowest BCUT2D eigenvalue weighted by Crippen LogP contribution is -2.20. The van der Waals surface area contributed by atoms with Crippen LogP contribution in [-0.2, 0) is 4.79 Å². The van der Waals surface area contributed by atoms with Gasteiger partial charge in [-0.3, -0.25) is 4.79 Å². The lowest BCUT2D eigenvalue weighted by molar-refractivity contribution is -0.104. The SMILES string of the molecule is CN(CCO)c1ccc(/C=C/C2=C(SCCO)C(=C/C=O)/CC(C)(C)C2)cc1. The van der Waals surface area contributed by atoms with E-state index in [1.807, 2.05) is 24.1 Å². The Morgan fingerprint density at radius 2 is 1.82 bits per heavy atom. The number of rotatable bonds is 9. The fourth-order valence-electron chi connectivity index (χ4n) is 3.46. The number of allylic oxidation sites excluding steroid dienone is 4. The number of aliphatic hydroxyl groups excluding tert-OH is 2.